The van der Waals surface area contributed by atoms with Crippen molar-refractivity contribution >= 4 is 39.1 Å². The van der Waals surface area contributed by atoms with E-state index in [0.29, 0.717) is 18.7 Å². The van der Waals surface area contributed by atoms with Crippen LogP contribution >= 0.6 is 11.6 Å². The van der Waals surface area contributed by atoms with Gasteiger partial charge in [0.2, 0.25) is 11.8 Å². The number of halogens is 1. The number of likely N-dealkylation sites (tertiary alicyclic amines) is 1. The lowest BCUT2D eigenvalue weighted by atomic mass is 9.78. The number of methoxy groups -OCH3 is 3. The number of pyridine rings is 1. The number of benzene rings is 2. The second-order valence-electron chi connectivity index (χ2n) is 9.75. The molecule has 13 heteroatoms. The Morgan fingerprint density at radius 2 is 1.80 bits per heavy atom. The summed E-state index contributed by atoms with van der Waals surface area (Å²) in [7, 11) is 2.87. The maximum atomic E-state index is 15.0. The highest BCUT2D eigenvalue weighted by atomic mass is 35.5. The molecule has 1 aromatic heterocycles. The molecule has 0 bridgehead atoms. The van der Waals surface area contributed by atoms with E-state index < -0.39 is 27.5 Å². The molecular formula is C28H29ClN4O7S. The first kappa shape index (κ1) is 28.7. The number of hydrogen-bond donors (Lipinski definition) is 0. The van der Waals surface area contributed by atoms with Crippen LogP contribution in [0.4, 0.5) is 5.69 Å². The molecule has 2 amide bonds. The second kappa shape index (κ2) is 10.5. The van der Waals surface area contributed by atoms with Crippen LogP contribution < -0.4 is 18.5 Å². The van der Waals surface area contributed by atoms with Crippen molar-refractivity contribution in [3.05, 3.63) is 70.9 Å². The molecule has 1 fully saturated rings. The van der Waals surface area contributed by atoms with Crippen LogP contribution in [-0.2, 0) is 25.2 Å². The summed E-state index contributed by atoms with van der Waals surface area (Å²) in [5.74, 6) is -0.575. The Balaban J connectivity index is 1.82. The second-order valence-corrected chi connectivity index (χ2v) is 11.9. The molecular weight excluding hydrogens is 572 g/mol. The van der Waals surface area contributed by atoms with E-state index in [0.717, 1.165) is 4.31 Å². The maximum absolute atomic E-state index is 15.0. The van der Waals surface area contributed by atoms with Crippen LogP contribution in [-0.4, -0.2) is 83.0 Å². The van der Waals surface area contributed by atoms with Crippen LogP contribution in [0.25, 0.3) is 0 Å². The van der Waals surface area contributed by atoms with Crippen LogP contribution in [0.5, 0.6) is 17.4 Å². The van der Waals surface area contributed by atoms with Gasteiger partial charge in [-0.15, -0.1) is 0 Å². The van der Waals surface area contributed by atoms with Gasteiger partial charge in [0.05, 0.1) is 33.1 Å². The molecule has 1 unspecified atom stereocenters. The van der Waals surface area contributed by atoms with Gasteiger partial charge >= 0.3 is 0 Å². The fourth-order valence-corrected chi connectivity index (χ4v) is 7.31. The van der Waals surface area contributed by atoms with E-state index in [1.807, 2.05) is 0 Å². The van der Waals surface area contributed by atoms with Crippen molar-refractivity contribution in [1.82, 2.24) is 14.8 Å². The zero-order valence-electron chi connectivity index (χ0n) is 23.1. The lowest BCUT2D eigenvalue weighted by molar-refractivity contribution is -0.148. The van der Waals surface area contributed by atoms with Gasteiger partial charge in [0.15, 0.2) is 5.54 Å². The molecule has 0 aliphatic carbocycles. The van der Waals surface area contributed by atoms with Crippen LogP contribution in [0, 0.1) is 0 Å². The van der Waals surface area contributed by atoms with Crippen molar-refractivity contribution in [1.29, 1.82) is 0 Å². The zero-order chi connectivity index (χ0) is 29.7. The molecule has 0 saturated carbocycles. The molecule has 5 rings (SSSR count). The van der Waals surface area contributed by atoms with E-state index in [1.54, 1.807) is 37.2 Å². The molecule has 1 saturated heterocycles. The highest BCUT2D eigenvalue weighted by Gasteiger charge is 2.64. The Bertz CT molecular complexity index is 1650. The van der Waals surface area contributed by atoms with Crippen LogP contribution in [0.15, 0.2) is 59.6 Å². The minimum atomic E-state index is -4.58. The van der Waals surface area contributed by atoms with Crippen LogP contribution in [0.1, 0.15) is 17.5 Å². The largest absolute Gasteiger partial charge is 0.497 e. The summed E-state index contributed by atoms with van der Waals surface area (Å²) in [6.45, 7) is 0.319. The third kappa shape index (κ3) is 4.20. The Morgan fingerprint density at radius 1 is 1.05 bits per heavy atom. The number of amides is 2. The maximum Gasteiger partial charge on any atom is 0.274 e. The molecule has 41 heavy (non-hydrogen) atoms. The zero-order valence-corrected chi connectivity index (χ0v) is 24.7. The van der Waals surface area contributed by atoms with Gasteiger partial charge in [0, 0.05) is 49.1 Å². The molecule has 2 aliphatic rings. The van der Waals surface area contributed by atoms with Crippen LogP contribution in [0.2, 0.25) is 5.02 Å². The Kier molecular flexibility index (Phi) is 7.35. The lowest BCUT2D eigenvalue weighted by Gasteiger charge is -2.51. The highest BCUT2D eigenvalue weighted by molar-refractivity contribution is 7.93. The number of carbonyl (C=O) groups is 2. The third-order valence-electron chi connectivity index (χ3n) is 7.48. The fourth-order valence-electron chi connectivity index (χ4n) is 5.54. The average Bonchev–Trinajstić information content (AvgIpc) is 3.20. The predicted molar refractivity (Wildman–Crippen MR) is 151 cm³/mol. The first-order chi connectivity index (χ1) is 19.5. The van der Waals surface area contributed by atoms with E-state index in [2.05, 4.69) is 4.98 Å². The molecule has 0 radical (unpaired) electrons. The van der Waals surface area contributed by atoms with Crippen molar-refractivity contribution in [2.45, 2.75) is 22.9 Å². The SMILES string of the molecule is COc1ccc(S(=O)(=O)N2C(=O)C(c3cccnc3OC)(N3CC[C@H]3C(=O)N(C)C)c3cc(Cl)ccc32)c(OC)c1. The number of aromatic nitrogens is 1. The summed E-state index contributed by atoms with van der Waals surface area (Å²) in [6.07, 6.45) is 1.97. The summed E-state index contributed by atoms with van der Waals surface area (Å²) >= 11 is 6.48. The van der Waals surface area contributed by atoms with Gasteiger partial charge < -0.3 is 19.1 Å². The summed E-state index contributed by atoms with van der Waals surface area (Å²) in [5, 5.41) is 0.279. The number of nitrogens with zero attached hydrogens (tertiary/aromatic N) is 4. The van der Waals surface area contributed by atoms with Gasteiger partial charge in [-0.1, -0.05) is 11.6 Å². The van der Waals surface area contributed by atoms with Gasteiger partial charge in [0.1, 0.15) is 16.4 Å². The Morgan fingerprint density at radius 3 is 2.41 bits per heavy atom. The van der Waals surface area contributed by atoms with Gasteiger partial charge in [-0.05, 0) is 48.9 Å². The molecule has 2 aromatic carbocycles. The fraction of sp³-hybridized carbons (Fsp3) is 0.321. The Labute approximate surface area is 243 Å². The van der Waals surface area contributed by atoms with E-state index in [9.17, 15) is 18.0 Å². The summed E-state index contributed by atoms with van der Waals surface area (Å²) in [4.78, 5) is 35.5. The first-order valence-electron chi connectivity index (χ1n) is 12.6. The minimum absolute atomic E-state index is 0.00580. The van der Waals surface area contributed by atoms with Crippen molar-refractivity contribution in [2.75, 3.05) is 46.3 Å². The van der Waals surface area contributed by atoms with Gasteiger partial charge in [-0.2, -0.15) is 0 Å². The smallest absolute Gasteiger partial charge is 0.274 e. The first-order valence-corrected chi connectivity index (χ1v) is 14.4. The van der Waals surface area contributed by atoms with Crippen molar-refractivity contribution in [2.24, 2.45) is 0 Å². The molecule has 0 N–H and O–H groups in total. The van der Waals surface area contributed by atoms with Gasteiger partial charge in [-0.25, -0.2) is 17.7 Å². The van der Waals surface area contributed by atoms with Crippen molar-refractivity contribution < 1.29 is 32.2 Å². The van der Waals surface area contributed by atoms with E-state index in [-0.39, 0.29) is 44.3 Å². The van der Waals surface area contributed by atoms with Gasteiger partial charge in [-0.3, -0.25) is 14.5 Å². The number of ether oxygens (including phenoxy) is 3. The number of carbonyl (C=O) groups excluding carboxylic acids is 2. The third-order valence-corrected chi connectivity index (χ3v) is 9.45. The summed E-state index contributed by atoms with van der Waals surface area (Å²) < 4.78 is 45.8. The number of rotatable bonds is 8. The van der Waals surface area contributed by atoms with Crippen LogP contribution in [0.3, 0.4) is 0 Å². The van der Waals surface area contributed by atoms with E-state index in [4.69, 9.17) is 25.8 Å². The number of likely N-dealkylation sites (N-methyl/N-ethyl adjacent to an activating group) is 1. The molecule has 216 valence electrons. The van der Waals surface area contributed by atoms with Crippen molar-refractivity contribution in [3.8, 4) is 17.4 Å². The normalized spacial score (nSPS) is 20.3. The number of anilines is 1. The van der Waals surface area contributed by atoms with Crippen molar-refractivity contribution in [3.63, 3.8) is 0 Å². The lowest BCUT2D eigenvalue weighted by Crippen LogP contribution is -2.67. The molecule has 2 atom stereocenters. The molecule has 0 spiro atoms. The standard InChI is InChI=1S/C28H29ClN4O7S/c1-31(2)26(34)22-12-14-32(22)28(19-7-6-13-30-25(19)40-5)20-15-17(29)8-10-21(20)33(27(28)35)41(36,37)24-11-9-18(38-3)16-23(24)39-4/h6-11,13,15-16,22H,12,14H2,1-5H3/t22-,28?/m0/s1. The quantitative estimate of drug-likeness (QED) is 0.384. The summed E-state index contributed by atoms with van der Waals surface area (Å²) in [5.41, 5.74) is -1.15. The topological polar surface area (TPSA) is 119 Å². The number of fused-ring (bicyclic) bond motifs is 1. The highest BCUT2D eigenvalue weighted by Crippen LogP contribution is 2.55. The summed E-state index contributed by atoms with van der Waals surface area (Å²) in [6, 6.07) is 11.3. The molecule has 11 nitrogen and oxygen atoms in total. The molecule has 3 heterocycles. The number of sulfonamides is 1. The predicted octanol–water partition coefficient (Wildman–Crippen LogP) is 2.90. The van der Waals surface area contributed by atoms with E-state index >= 15 is 0 Å². The average molecular weight is 601 g/mol. The monoisotopic (exact) mass is 600 g/mol. The Hall–Kier alpha value is -3.87. The molecule has 3 aromatic rings. The minimum Gasteiger partial charge on any atom is -0.497 e. The number of hydrogen-bond acceptors (Lipinski definition) is 9. The van der Waals surface area contributed by atoms with E-state index in [1.165, 1.54) is 62.8 Å². The van der Waals surface area contributed by atoms with Gasteiger partial charge in [0.25, 0.3) is 15.9 Å². The molecule has 2 aliphatic heterocycles.